The number of benzene rings is 2. The summed E-state index contributed by atoms with van der Waals surface area (Å²) in [7, 11) is 0. The molecule has 0 fully saturated rings. The maximum absolute atomic E-state index is 8.41. The summed E-state index contributed by atoms with van der Waals surface area (Å²) >= 11 is 0. The molecule has 0 unspecified atom stereocenters. The first-order valence-corrected chi connectivity index (χ1v) is 5.88. The predicted octanol–water partition coefficient (Wildman–Crippen LogP) is 3.32. The van der Waals surface area contributed by atoms with Crippen LogP contribution in [0.3, 0.4) is 0 Å². The third-order valence-corrected chi connectivity index (χ3v) is 2.47. The van der Waals surface area contributed by atoms with E-state index in [0.29, 0.717) is 6.54 Å². The molecule has 0 aliphatic carbocycles. The lowest BCUT2D eigenvalue weighted by Crippen LogP contribution is -1.95. The second-order valence-corrected chi connectivity index (χ2v) is 4.17. The Labute approximate surface area is 109 Å². The van der Waals surface area contributed by atoms with Crippen molar-refractivity contribution >= 4 is 0 Å². The van der Waals surface area contributed by atoms with E-state index in [1.54, 1.807) is 6.07 Å². The van der Waals surface area contributed by atoms with E-state index < -0.39 is 0 Å². The zero-order valence-electron chi connectivity index (χ0n) is 10.9. The molecule has 92 valence electrons. The van der Waals surface area contributed by atoms with Crippen molar-refractivity contribution in [2.45, 2.75) is 20.4 Å². The molecule has 2 nitrogen and oxygen atoms in total. The highest BCUT2D eigenvalue weighted by Crippen LogP contribution is 2.01. The fraction of sp³-hybridized carbons (Fsp3) is 0.188. The second kappa shape index (κ2) is 7.26. The number of rotatable bonds is 1. The van der Waals surface area contributed by atoms with Crippen LogP contribution in [0.4, 0.5) is 0 Å². The summed E-state index contributed by atoms with van der Waals surface area (Å²) in [6.45, 7) is 4.68. The summed E-state index contributed by atoms with van der Waals surface area (Å²) in [4.78, 5) is 0. The van der Waals surface area contributed by atoms with Gasteiger partial charge >= 0.3 is 0 Å². The Bertz CT molecular complexity index is 539. The molecule has 0 saturated heterocycles. The lowest BCUT2D eigenvalue weighted by Gasteiger charge is -1.95. The highest BCUT2D eigenvalue weighted by molar-refractivity contribution is 5.31. The highest BCUT2D eigenvalue weighted by atomic mass is 14.5. The Morgan fingerprint density at radius 1 is 1.00 bits per heavy atom. The molecule has 0 spiro atoms. The molecule has 0 bridgehead atoms. The van der Waals surface area contributed by atoms with Gasteiger partial charge in [-0.3, -0.25) is 0 Å². The first-order chi connectivity index (χ1) is 8.65. The number of hydrogen-bond donors (Lipinski definition) is 1. The van der Waals surface area contributed by atoms with Crippen LogP contribution in [-0.4, -0.2) is 0 Å². The van der Waals surface area contributed by atoms with Crippen LogP contribution in [0, 0.1) is 25.2 Å². The topological polar surface area (TPSA) is 49.8 Å². The summed E-state index contributed by atoms with van der Waals surface area (Å²) < 4.78 is 0. The molecule has 0 aromatic heterocycles. The number of nitrogens with zero attached hydrogens (tertiary/aromatic N) is 1. The van der Waals surface area contributed by atoms with E-state index in [2.05, 4.69) is 25.1 Å². The Morgan fingerprint density at radius 2 is 1.61 bits per heavy atom. The normalized spacial score (nSPS) is 9.00. The monoisotopic (exact) mass is 238 g/mol. The van der Waals surface area contributed by atoms with Crippen LogP contribution in [0.1, 0.15) is 22.3 Å². The molecule has 0 saturated carbocycles. The van der Waals surface area contributed by atoms with Gasteiger partial charge in [-0.15, -0.1) is 0 Å². The van der Waals surface area contributed by atoms with Gasteiger partial charge in [0.2, 0.25) is 0 Å². The van der Waals surface area contributed by atoms with Crippen LogP contribution in [0.5, 0.6) is 0 Å². The summed E-state index contributed by atoms with van der Waals surface area (Å²) in [6, 6.07) is 17.8. The molecular formula is C16H18N2. The quantitative estimate of drug-likeness (QED) is 0.828. The average Bonchev–Trinajstić information content (AvgIpc) is 2.39. The zero-order valence-corrected chi connectivity index (χ0v) is 10.9. The van der Waals surface area contributed by atoms with E-state index in [4.69, 9.17) is 11.0 Å². The number of hydrogen-bond acceptors (Lipinski definition) is 2. The molecule has 0 radical (unpaired) electrons. The summed E-state index contributed by atoms with van der Waals surface area (Å²) in [5, 5.41) is 8.41. The fourth-order valence-corrected chi connectivity index (χ4v) is 1.55. The van der Waals surface area contributed by atoms with Gasteiger partial charge in [-0.25, -0.2) is 0 Å². The minimum Gasteiger partial charge on any atom is -0.326 e. The van der Waals surface area contributed by atoms with Gasteiger partial charge in [0.25, 0.3) is 0 Å². The van der Waals surface area contributed by atoms with Gasteiger partial charge in [0.05, 0.1) is 11.6 Å². The van der Waals surface area contributed by atoms with E-state index in [0.717, 1.165) is 11.1 Å². The molecular weight excluding hydrogens is 220 g/mol. The fourth-order valence-electron chi connectivity index (χ4n) is 1.55. The van der Waals surface area contributed by atoms with Crippen molar-refractivity contribution in [3.63, 3.8) is 0 Å². The van der Waals surface area contributed by atoms with Crippen LogP contribution in [0.25, 0.3) is 0 Å². The predicted molar refractivity (Wildman–Crippen MR) is 75.0 cm³/mol. The van der Waals surface area contributed by atoms with E-state index in [1.807, 2.05) is 37.3 Å². The molecule has 2 aromatic carbocycles. The molecule has 0 atom stereocenters. The molecule has 18 heavy (non-hydrogen) atoms. The molecule has 0 aliphatic rings. The van der Waals surface area contributed by atoms with E-state index >= 15 is 0 Å². The van der Waals surface area contributed by atoms with Gasteiger partial charge in [-0.1, -0.05) is 42.0 Å². The third kappa shape index (κ3) is 4.82. The van der Waals surface area contributed by atoms with Gasteiger partial charge < -0.3 is 5.73 Å². The van der Waals surface area contributed by atoms with Crippen molar-refractivity contribution < 1.29 is 0 Å². The first kappa shape index (κ1) is 14.0. The standard InChI is InChI=1S/C8H11N.C8H7N/c2*1-7-3-2-4-8(5-7)6-9/h2-5H,6,9H2,1H3;2-5H,1H3. The first-order valence-electron chi connectivity index (χ1n) is 5.88. The Morgan fingerprint density at radius 3 is 2.00 bits per heavy atom. The van der Waals surface area contributed by atoms with Gasteiger partial charge in [0, 0.05) is 6.54 Å². The van der Waals surface area contributed by atoms with Crippen molar-refractivity contribution in [1.29, 1.82) is 5.26 Å². The molecule has 0 amide bonds. The van der Waals surface area contributed by atoms with E-state index in [1.165, 1.54) is 11.1 Å². The molecule has 2 aromatic rings. The van der Waals surface area contributed by atoms with Gasteiger partial charge in [-0.2, -0.15) is 5.26 Å². The molecule has 0 heterocycles. The number of nitriles is 1. The number of aryl methyl sites for hydroxylation is 2. The van der Waals surface area contributed by atoms with Gasteiger partial charge in [0.15, 0.2) is 0 Å². The minimum atomic E-state index is 0.641. The van der Waals surface area contributed by atoms with Crippen molar-refractivity contribution in [3.05, 3.63) is 70.8 Å². The highest BCUT2D eigenvalue weighted by Gasteiger charge is 1.86. The Balaban J connectivity index is 0.000000180. The minimum absolute atomic E-state index is 0.641. The second-order valence-electron chi connectivity index (χ2n) is 4.17. The molecule has 0 aliphatic heterocycles. The van der Waals surface area contributed by atoms with E-state index in [9.17, 15) is 0 Å². The molecule has 2 N–H and O–H groups in total. The largest absolute Gasteiger partial charge is 0.326 e. The summed E-state index contributed by atoms with van der Waals surface area (Å²) in [5.41, 5.74) is 9.76. The third-order valence-electron chi connectivity index (χ3n) is 2.47. The molecule has 2 heteroatoms. The lowest BCUT2D eigenvalue weighted by molar-refractivity contribution is 1.07. The van der Waals surface area contributed by atoms with Crippen LogP contribution in [0.2, 0.25) is 0 Å². The van der Waals surface area contributed by atoms with Crippen LogP contribution in [-0.2, 0) is 6.54 Å². The van der Waals surface area contributed by atoms with Crippen molar-refractivity contribution in [2.75, 3.05) is 0 Å². The zero-order chi connectivity index (χ0) is 13.4. The van der Waals surface area contributed by atoms with Gasteiger partial charge in [0.1, 0.15) is 0 Å². The van der Waals surface area contributed by atoms with Crippen molar-refractivity contribution in [2.24, 2.45) is 5.73 Å². The lowest BCUT2D eigenvalue weighted by atomic mass is 10.1. The molecule has 2 rings (SSSR count). The van der Waals surface area contributed by atoms with Crippen LogP contribution in [0.15, 0.2) is 48.5 Å². The summed E-state index contributed by atoms with van der Waals surface area (Å²) in [5.74, 6) is 0. The Kier molecular flexibility index (Phi) is 5.63. The maximum atomic E-state index is 8.41. The van der Waals surface area contributed by atoms with Crippen molar-refractivity contribution in [3.8, 4) is 6.07 Å². The number of nitrogens with two attached hydrogens (primary N) is 1. The van der Waals surface area contributed by atoms with Crippen molar-refractivity contribution in [1.82, 2.24) is 0 Å². The van der Waals surface area contributed by atoms with Crippen LogP contribution >= 0.6 is 0 Å². The van der Waals surface area contributed by atoms with E-state index in [-0.39, 0.29) is 0 Å². The SMILES string of the molecule is Cc1cccc(C#N)c1.Cc1cccc(CN)c1. The van der Waals surface area contributed by atoms with Crippen LogP contribution < -0.4 is 5.73 Å². The average molecular weight is 238 g/mol. The Hall–Kier alpha value is -2.11. The summed E-state index contributed by atoms with van der Waals surface area (Å²) in [6.07, 6.45) is 0. The van der Waals surface area contributed by atoms with Gasteiger partial charge in [-0.05, 0) is 37.1 Å². The smallest absolute Gasteiger partial charge is 0.0991 e. The maximum Gasteiger partial charge on any atom is 0.0991 e.